The summed E-state index contributed by atoms with van der Waals surface area (Å²) in [6, 6.07) is 19.0. The van der Waals surface area contributed by atoms with Crippen LogP contribution in [0.3, 0.4) is 0 Å². The number of fused-ring (bicyclic) bond motifs is 1. The lowest BCUT2D eigenvalue weighted by atomic mass is 10.2. The van der Waals surface area contributed by atoms with Gasteiger partial charge < -0.3 is 9.26 Å². The molecule has 172 valence electrons. The number of hydrogen-bond acceptors (Lipinski definition) is 8. The minimum Gasteiger partial charge on any atom is -0.438 e. The number of aromatic nitrogens is 5. The van der Waals surface area contributed by atoms with Gasteiger partial charge in [0, 0.05) is 22.8 Å². The molecule has 0 saturated heterocycles. The zero-order valence-corrected chi connectivity index (χ0v) is 19.2. The second-order valence-electron chi connectivity index (χ2n) is 7.68. The molecule has 5 rings (SSSR count). The van der Waals surface area contributed by atoms with Crippen LogP contribution in [0.1, 0.15) is 17.1 Å². The monoisotopic (exact) mass is 476 g/mol. The van der Waals surface area contributed by atoms with Gasteiger partial charge in [-0.1, -0.05) is 17.3 Å². The Hall–Kier alpha value is -4.25. The van der Waals surface area contributed by atoms with Crippen molar-refractivity contribution < 1.29 is 17.7 Å². The molecule has 0 spiro atoms. The average molecular weight is 477 g/mol. The maximum atomic E-state index is 12.6. The van der Waals surface area contributed by atoms with E-state index in [1.807, 2.05) is 19.9 Å². The average Bonchev–Trinajstić information content (AvgIpc) is 3.37. The molecule has 1 N–H and O–H groups in total. The number of sulfonamides is 1. The predicted molar refractivity (Wildman–Crippen MR) is 125 cm³/mol. The summed E-state index contributed by atoms with van der Waals surface area (Å²) in [5.74, 6) is 1.07. The van der Waals surface area contributed by atoms with Gasteiger partial charge in [0.2, 0.25) is 15.9 Å². The van der Waals surface area contributed by atoms with Crippen molar-refractivity contribution in [3.8, 4) is 17.4 Å². The van der Waals surface area contributed by atoms with Gasteiger partial charge in [-0.05, 0) is 62.4 Å². The zero-order chi connectivity index (χ0) is 23.7. The number of nitrogens with zero attached hydrogens (tertiary/aromatic N) is 5. The van der Waals surface area contributed by atoms with Crippen LogP contribution in [0.5, 0.6) is 11.6 Å². The molecule has 10 nitrogen and oxygen atoms in total. The van der Waals surface area contributed by atoms with E-state index in [1.165, 1.54) is 0 Å². The topological polar surface area (TPSA) is 125 Å². The van der Waals surface area contributed by atoms with Crippen molar-refractivity contribution in [3.05, 3.63) is 83.8 Å². The standard InChI is InChI=1S/C23H20N6O4S/c1-15-13-16(2)29(26-15)22-11-12-23(25-24-22)32-18-9-7-17(8-10-18)28-34(30,31)14-20-19-5-3-4-6-21(19)33-27-20/h3-13,28H,14H2,1-2H3. The Morgan fingerprint density at radius 1 is 1.00 bits per heavy atom. The molecule has 11 heteroatoms. The predicted octanol–water partition coefficient (Wildman–Crippen LogP) is 4.15. The van der Waals surface area contributed by atoms with Crippen LogP contribution in [-0.4, -0.2) is 33.6 Å². The lowest BCUT2D eigenvalue weighted by Gasteiger charge is -2.09. The summed E-state index contributed by atoms with van der Waals surface area (Å²) in [4.78, 5) is 0. The Morgan fingerprint density at radius 2 is 1.79 bits per heavy atom. The molecule has 0 radical (unpaired) electrons. The summed E-state index contributed by atoms with van der Waals surface area (Å²) in [5, 5.41) is 17.2. The number of rotatable bonds is 7. The molecule has 5 aromatic rings. The molecule has 34 heavy (non-hydrogen) atoms. The lowest BCUT2D eigenvalue weighted by Crippen LogP contribution is -2.15. The van der Waals surface area contributed by atoms with Gasteiger partial charge in [-0.2, -0.15) is 5.10 Å². The molecular weight excluding hydrogens is 456 g/mol. The van der Waals surface area contributed by atoms with E-state index >= 15 is 0 Å². The van der Waals surface area contributed by atoms with Crippen LogP contribution in [0.15, 0.2) is 71.3 Å². The van der Waals surface area contributed by atoms with Crippen LogP contribution in [0, 0.1) is 13.8 Å². The maximum absolute atomic E-state index is 12.6. The van der Waals surface area contributed by atoms with Gasteiger partial charge in [-0.3, -0.25) is 4.72 Å². The fourth-order valence-electron chi connectivity index (χ4n) is 3.49. The van der Waals surface area contributed by atoms with Crippen molar-refractivity contribution in [2.45, 2.75) is 19.6 Å². The summed E-state index contributed by atoms with van der Waals surface area (Å²) < 4.78 is 40.4. The van der Waals surface area contributed by atoms with Gasteiger partial charge in [-0.15, -0.1) is 10.2 Å². The fraction of sp³-hybridized carbons (Fsp3) is 0.130. The Bertz CT molecular complexity index is 1560. The highest BCUT2D eigenvalue weighted by atomic mass is 32.2. The number of aryl methyl sites for hydroxylation is 2. The first-order valence-corrected chi connectivity index (χ1v) is 12.0. The van der Waals surface area contributed by atoms with Crippen LogP contribution < -0.4 is 9.46 Å². The third-order valence-corrected chi connectivity index (χ3v) is 6.18. The second kappa shape index (κ2) is 8.60. The normalized spacial score (nSPS) is 11.6. The summed E-state index contributed by atoms with van der Waals surface area (Å²) in [6.07, 6.45) is 0. The Morgan fingerprint density at radius 3 is 2.50 bits per heavy atom. The van der Waals surface area contributed by atoms with Crippen LogP contribution in [-0.2, 0) is 15.8 Å². The molecular formula is C23H20N6O4S. The van der Waals surface area contributed by atoms with Gasteiger partial charge in [0.15, 0.2) is 11.4 Å². The number of benzene rings is 2. The lowest BCUT2D eigenvalue weighted by molar-refractivity contribution is 0.448. The first-order valence-electron chi connectivity index (χ1n) is 10.4. The van der Waals surface area contributed by atoms with Crippen molar-refractivity contribution in [1.82, 2.24) is 25.1 Å². The summed E-state index contributed by atoms with van der Waals surface area (Å²) >= 11 is 0. The molecule has 0 aliphatic rings. The van der Waals surface area contributed by atoms with E-state index < -0.39 is 10.0 Å². The second-order valence-corrected chi connectivity index (χ2v) is 9.40. The van der Waals surface area contributed by atoms with Crippen LogP contribution in [0.2, 0.25) is 0 Å². The molecule has 3 heterocycles. The SMILES string of the molecule is Cc1cc(C)n(-c2ccc(Oc3ccc(NS(=O)(=O)Cc4noc5ccccc45)cc3)nn2)n1. The number of ether oxygens (including phenoxy) is 1. The molecule has 0 unspecified atom stereocenters. The van der Waals surface area contributed by atoms with Gasteiger partial charge in [-0.25, -0.2) is 13.1 Å². The van der Waals surface area contributed by atoms with Gasteiger partial charge >= 0.3 is 0 Å². The van der Waals surface area contributed by atoms with E-state index in [0.29, 0.717) is 39.8 Å². The van der Waals surface area contributed by atoms with Crippen molar-refractivity contribution in [2.24, 2.45) is 0 Å². The zero-order valence-electron chi connectivity index (χ0n) is 18.3. The molecule has 0 saturated carbocycles. The van der Waals surface area contributed by atoms with Gasteiger partial charge in [0.1, 0.15) is 17.2 Å². The molecule has 3 aromatic heterocycles. The first-order chi connectivity index (χ1) is 16.4. The Kier molecular flexibility index (Phi) is 5.46. The quantitative estimate of drug-likeness (QED) is 0.371. The maximum Gasteiger partial charge on any atom is 0.238 e. The van der Waals surface area contributed by atoms with E-state index in [2.05, 4.69) is 25.2 Å². The first kappa shape index (κ1) is 21.6. The van der Waals surface area contributed by atoms with E-state index in [1.54, 1.807) is 65.3 Å². The van der Waals surface area contributed by atoms with E-state index in [4.69, 9.17) is 9.26 Å². The van der Waals surface area contributed by atoms with Crippen molar-refractivity contribution >= 4 is 26.7 Å². The third kappa shape index (κ3) is 4.59. The van der Waals surface area contributed by atoms with Crippen molar-refractivity contribution in [1.29, 1.82) is 0 Å². The third-order valence-electron chi connectivity index (χ3n) is 4.98. The minimum absolute atomic E-state index is 0.302. The fourth-order valence-corrected chi connectivity index (χ4v) is 4.63. The molecule has 0 amide bonds. The number of anilines is 1. The summed E-state index contributed by atoms with van der Waals surface area (Å²) in [7, 11) is -3.70. The van der Waals surface area contributed by atoms with E-state index in [9.17, 15) is 8.42 Å². The molecule has 2 aromatic carbocycles. The minimum atomic E-state index is -3.70. The van der Waals surface area contributed by atoms with Crippen molar-refractivity contribution in [3.63, 3.8) is 0 Å². The molecule has 0 fully saturated rings. The van der Waals surface area contributed by atoms with Crippen LogP contribution in [0.4, 0.5) is 5.69 Å². The summed E-state index contributed by atoms with van der Waals surface area (Å²) in [6.45, 7) is 3.85. The van der Waals surface area contributed by atoms with Gasteiger partial charge in [0.05, 0.1) is 5.69 Å². The van der Waals surface area contributed by atoms with Crippen LogP contribution >= 0.6 is 0 Å². The highest BCUT2D eigenvalue weighted by molar-refractivity contribution is 7.91. The van der Waals surface area contributed by atoms with Gasteiger partial charge in [0.25, 0.3) is 0 Å². The number of hydrogen-bond donors (Lipinski definition) is 1. The van der Waals surface area contributed by atoms with Crippen molar-refractivity contribution in [2.75, 3.05) is 4.72 Å². The highest BCUT2D eigenvalue weighted by Crippen LogP contribution is 2.24. The van der Waals surface area contributed by atoms with Crippen LogP contribution in [0.25, 0.3) is 16.8 Å². The largest absolute Gasteiger partial charge is 0.438 e. The Labute approximate surface area is 195 Å². The number of para-hydroxylation sites is 1. The molecule has 0 atom stereocenters. The molecule has 0 aliphatic heterocycles. The van der Waals surface area contributed by atoms with E-state index in [-0.39, 0.29) is 5.75 Å². The Balaban J connectivity index is 1.24. The number of nitrogens with one attached hydrogen (secondary N) is 1. The molecule has 0 aliphatic carbocycles. The summed E-state index contributed by atoms with van der Waals surface area (Å²) in [5.41, 5.74) is 3.14. The molecule has 0 bridgehead atoms. The highest BCUT2D eigenvalue weighted by Gasteiger charge is 2.17. The smallest absolute Gasteiger partial charge is 0.238 e. The van der Waals surface area contributed by atoms with E-state index in [0.717, 1.165) is 11.4 Å².